The first kappa shape index (κ1) is 32.3. The van der Waals surface area contributed by atoms with Crippen LogP contribution in [0.5, 0.6) is 0 Å². The van der Waals surface area contributed by atoms with Crippen molar-refractivity contribution in [1.82, 2.24) is 40.8 Å². The largest absolute Gasteiger partial charge is 0.472 e. The lowest BCUT2D eigenvalue weighted by Crippen LogP contribution is -2.48. The van der Waals surface area contributed by atoms with Crippen LogP contribution in [-0.2, 0) is 0 Å². The molecule has 10 N–H and O–H groups in total. The summed E-state index contributed by atoms with van der Waals surface area (Å²) in [7, 11) is 0. The van der Waals surface area contributed by atoms with Gasteiger partial charge < -0.3 is 51.9 Å². The van der Waals surface area contributed by atoms with Gasteiger partial charge in [-0.05, 0) is 20.0 Å². The van der Waals surface area contributed by atoms with E-state index in [-0.39, 0.29) is 11.9 Å². The summed E-state index contributed by atoms with van der Waals surface area (Å²) >= 11 is 0. The topological polar surface area (TPSA) is 482 Å². The molecule has 32 heteroatoms. The fourth-order valence-electron chi connectivity index (χ4n) is 2.48. The Morgan fingerprint density at radius 2 is 0.909 bits per heavy atom. The number of nitro groups is 6. The maximum Gasteiger partial charge on any atom is 0.472 e. The van der Waals surface area contributed by atoms with E-state index in [2.05, 4.69) is 40.8 Å². The molecule has 0 fully saturated rings. The lowest BCUT2D eigenvalue weighted by Gasteiger charge is -1.96. The molecule has 4 rings (SSSR count). The predicted molar refractivity (Wildman–Crippen MR) is 131 cm³/mol. The number of anilines is 2. The molecule has 0 aliphatic heterocycles. The van der Waals surface area contributed by atoms with Crippen LogP contribution >= 0.6 is 0 Å². The number of nitrogens with zero attached hydrogens (tertiary/aromatic N) is 14. The average molecular weight is 628 g/mol. The minimum Gasteiger partial charge on any atom is -0.459 e. The highest BCUT2D eigenvalue weighted by molar-refractivity contribution is 5.60. The Kier molecular flexibility index (Phi) is 9.48. The van der Waals surface area contributed by atoms with E-state index in [4.69, 9.17) is 23.2 Å². The maximum absolute atomic E-state index is 10.2. The van der Waals surface area contributed by atoms with Gasteiger partial charge in [0.15, 0.2) is 0 Å². The van der Waals surface area contributed by atoms with E-state index < -0.39 is 64.2 Å². The maximum atomic E-state index is 10.2. The van der Waals surface area contributed by atoms with E-state index in [1.165, 1.54) is 9.35 Å². The number of rotatable bonds is 8. The number of nitrogens with two attached hydrogens (primary N) is 4. The van der Waals surface area contributed by atoms with Gasteiger partial charge in [0.1, 0.15) is 0 Å². The highest BCUT2D eigenvalue weighted by Gasteiger charge is 2.37. The second kappa shape index (κ2) is 12.9. The van der Waals surface area contributed by atoms with Gasteiger partial charge in [-0.3, -0.25) is 31.9 Å². The van der Waals surface area contributed by atoms with Gasteiger partial charge in [0.2, 0.25) is 11.6 Å². The van der Waals surface area contributed by atoms with Crippen molar-refractivity contribution in [2.24, 2.45) is 0 Å². The molecule has 0 aliphatic carbocycles. The fraction of sp³-hybridized carbons (Fsp3) is 0. The molecule has 0 unspecified atom stereocenters. The number of hydrogen-bond donors (Lipinski definition) is 6. The monoisotopic (exact) mass is 628 g/mol. The van der Waals surface area contributed by atoms with E-state index in [0.29, 0.717) is 11.6 Å². The highest BCUT2D eigenvalue weighted by atomic mass is 16.7. The number of nitrogen functional groups attached to an aromatic ring is 4. The van der Waals surface area contributed by atoms with Gasteiger partial charge in [-0.15, -0.1) is 9.35 Å². The van der Waals surface area contributed by atoms with Gasteiger partial charge in [-0.1, -0.05) is 0 Å². The highest BCUT2D eigenvalue weighted by Crippen LogP contribution is 2.33. The zero-order valence-corrected chi connectivity index (χ0v) is 20.6. The summed E-state index contributed by atoms with van der Waals surface area (Å²) in [5.41, 5.74) is 8.26. The molecule has 0 spiro atoms. The summed E-state index contributed by atoms with van der Waals surface area (Å²) in [5, 5.41) is 84.6. The molecular weight excluding hydrogens is 616 g/mol. The fourth-order valence-corrected chi connectivity index (χ4v) is 2.48. The van der Waals surface area contributed by atoms with Gasteiger partial charge in [0.05, 0.1) is 20.0 Å². The Morgan fingerprint density at radius 3 is 1.11 bits per heavy atom. The summed E-state index contributed by atoms with van der Waals surface area (Å²) in [5.74, 6) is 7.55. The van der Waals surface area contributed by atoms with Gasteiger partial charge in [0, 0.05) is 22.3 Å². The van der Waals surface area contributed by atoms with Crippen molar-refractivity contribution in [3.63, 3.8) is 0 Å². The number of H-pyrrole nitrogens is 2. The van der Waals surface area contributed by atoms with Crippen LogP contribution in [0.2, 0.25) is 0 Å². The van der Waals surface area contributed by atoms with Crippen molar-refractivity contribution in [3.05, 3.63) is 72.3 Å². The van der Waals surface area contributed by atoms with E-state index >= 15 is 0 Å². The number of aromatic nitrogens is 10. The third-order valence-electron chi connectivity index (χ3n) is 4.36. The minimum absolute atomic E-state index is 0.171. The second-order valence-corrected chi connectivity index (χ2v) is 6.94. The molecule has 4 aromatic heterocycles. The molecule has 232 valence electrons. The smallest absolute Gasteiger partial charge is 0.459 e. The van der Waals surface area contributed by atoms with Gasteiger partial charge in [0.25, 0.3) is 11.6 Å². The van der Waals surface area contributed by atoms with E-state index in [0.717, 1.165) is 0 Å². The summed E-state index contributed by atoms with van der Waals surface area (Å²) in [6, 6.07) is 0. The predicted octanol–water partition coefficient (Wildman–Crippen LogP) is -4.00. The Labute approximate surface area is 234 Å². The zero-order valence-electron chi connectivity index (χ0n) is 20.6. The van der Waals surface area contributed by atoms with Crippen LogP contribution in [0.3, 0.4) is 0 Å². The summed E-state index contributed by atoms with van der Waals surface area (Å²) in [6.45, 7) is 0. The molecule has 0 amide bonds. The van der Waals surface area contributed by atoms with Crippen LogP contribution in [0, 0.1) is 60.7 Å². The quantitative estimate of drug-likeness (QED) is 0.0468. The van der Waals surface area contributed by atoms with Crippen LogP contribution in [0.1, 0.15) is 11.6 Å². The van der Waals surface area contributed by atoms with Crippen molar-refractivity contribution < 1.29 is 38.9 Å². The molecule has 0 aliphatic rings. The van der Waals surface area contributed by atoms with Gasteiger partial charge in [-0.25, -0.2) is 0 Å². The molecule has 0 saturated carbocycles. The lowest BCUT2D eigenvalue weighted by molar-refractivity contribution is -0.627. The minimum atomic E-state index is -1.31. The molecular formula is C12H12N20O12. The first-order valence-electron chi connectivity index (χ1n) is 10.1. The molecule has 4 heterocycles. The lowest BCUT2D eigenvalue weighted by atomic mass is 10.4. The van der Waals surface area contributed by atoms with Crippen LogP contribution in [0.25, 0.3) is 12.2 Å². The first-order chi connectivity index (χ1) is 20.5. The van der Waals surface area contributed by atoms with E-state index in [1.807, 2.05) is 0 Å². The Hall–Kier alpha value is -7.96. The van der Waals surface area contributed by atoms with Crippen molar-refractivity contribution in [2.45, 2.75) is 0 Å². The Morgan fingerprint density at radius 1 is 0.591 bits per heavy atom. The molecule has 0 atom stereocenters. The zero-order chi connectivity index (χ0) is 33.5. The number of nitrogens with one attached hydrogen (secondary N) is 2. The SMILES string of the molecule is Nc1n[nH]c(/C=C/c2[nH]nc(N)[n+]2N)[n+]1N.O=[N+]([O-])c1n[n-]c([N+](=O)[O-])c1[N+](=O)[O-].O=[N+]([O-])c1n[n-]c([N+](=O)[O-])c1[N+](=O)[O-]. The molecule has 32 nitrogen and oxygen atoms in total. The second-order valence-electron chi connectivity index (χ2n) is 6.94. The van der Waals surface area contributed by atoms with Gasteiger partial charge in [-0.2, -0.15) is 20.0 Å². The summed E-state index contributed by atoms with van der Waals surface area (Å²) < 4.78 is 2.38. The third-order valence-corrected chi connectivity index (χ3v) is 4.36. The summed E-state index contributed by atoms with van der Waals surface area (Å²) in [6.07, 6.45) is 3.25. The van der Waals surface area contributed by atoms with Crippen molar-refractivity contribution in [1.29, 1.82) is 0 Å². The summed E-state index contributed by atoms with van der Waals surface area (Å²) in [4.78, 5) is 53.6. The molecule has 0 radical (unpaired) electrons. The molecule has 0 aromatic carbocycles. The van der Waals surface area contributed by atoms with Crippen molar-refractivity contribution >= 4 is 58.7 Å². The molecule has 0 bridgehead atoms. The van der Waals surface area contributed by atoms with Gasteiger partial charge >= 0.3 is 34.9 Å². The Balaban J connectivity index is 0.000000231. The first-order valence-corrected chi connectivity index (χ1v) is 10.1. The van der Waals surface area contributed by atoms with Crippen LogP contribution in [0.4, 0.5) is 46.5 Å². The van der Waals surface area contributed by atoms with Crippen LogP contribution in [0.15, 0.2) is 0 Å². The van der Waals surface area contributed by atoms with Crippen molar-refractivity contribution in [2.75, 3.05) is 23.2 Å². The molecule has 4 aromatic rings. The molecule has 0 saturated heterocycles. The average Bonchev–Trinajstić information content (AvgIpc) is 3.71. The number of aromatic amines is 2. The normalized spacial score (nSPS) is 10.3. The Bertz CT molecular complexity index is 1600. The van der Waals surface area contributed by atoms with Crippen molar-refractivity contribution in [3.8, 4) is 0 Å². The third kappa shape index (κ3) is 6.97. The van der Waals surface area contributed by atoms with E-state index in [9.17, 15) is 60.7 Å². The standard InChI is InChI=1S/C6H10N10.2C3N5O6/c7-5-13-11-3(15(5)9)1-2-4-12-14-6(8)16(4)10;2*9-6(10)1-2(7(11)12)4-5-3(1)8(13)14/h1-2H,9-10H2,(H4,7,8,11,12,13,14);;/q;2*-1/p+2. The van der Waals surface area contributed by atoms with Crippen LogP contribution < -0.4 is 42.7 Å². The number of hydrogen-bond acceptors (Lipinski definition) is 20. The van der Waals surface area contributed by atoms with E-state index in [1.54, 1.807) is 12.2 Å². The van der Waals surface area contributed by atoms with Crippen LogP contribution in [-0.4, -0.2) is 60.1 Å². The molecule has 44 heavy (non-hydrogen) atoms.